The van der Waals surface area contributed by atoms with Gasteiger partial charge in [-0.05, 0) is 13.8 Å². The fourth-order valence-corrected chi connectivity index (χ4v) is 1.38. The lowest BCUT2D eigenvalue weighted by molar-refractivity contribution is 0.451. The largest absolute Gasteiger partial charge is 0.492 e. The van der Waals surface area contributed by atoms with Crippen molar-refractivity contribution < 1.29 is 5.11 Å². The number of hydrogen-bond acceptors (Lipinski definition) is 3. The van der Waals surface area contributed by atoms with E-state index in [0.717, 1.165) is 17.0 Å². The molecule has 1 aromatic heterocycles. The zero-order valence-corrected chi connectivity index (χ0v) is 8.73. The second-order valence-electron chi connectivity index (χ2n) is 3.43. The number of aromatic hydroxyl groups is 1. The number of benzene rings is 1. The summed E-state index contributed by atoms with van der Waals surface area (Å²) >= 11 is 0. The van der Waals surface area contributed by atoms with Crippen molar-refractivity contribution in [2.24, 2.45) is 0 Å². The van der Waals surface area contributed by atoms with Crippen LogP contribution in [0.15, 0.2) is 30.3 Å². The maximum atomic E-state index is 9.70. The summed E-state index contributed by atoms with van der Waals surface area (Å²) in [4.78, 5) is 8.37. The number of nitrogens with zero attached hydrogens (tertiary/aromatic N) is 2. The second kappa shape index (κ2) is 3.69. The molecule has 76 valence electrons. The molecule has 0 spiro atoms. The summed E-state index contributed by atoms with van der Waals surface area (Å²) in [6.07, 6.45) is 0. The van der Waals surface area contributed by atoms with Crippen LogP contribution in [0.25, 0.3) is 11.3 Å². The minimum absolute atomic E-state index is 0.00991. The number of rotatable bonds is 1. The van der Waals surface area contributed by atoms with Gasteiger partial charge in [0.25, 0.3) is 0 Å². The molecule has 1 aromatic carbocycles. The molecule has 0 radical (unpaired) electrons. The Morgan fingerprint density at radius 2 is 1.53 bits per heavy atom. The molecule has 0 saturated carbocycles. The standard InChI is InChI=1S/C12H12N2O/c1-8-9(2)14-12(15)11(13-8)10-6-4-3-5-7-10/h3-7H,1-2H3,(H,14,15). The van der Waals surface area contributed by atoms with Crippen molar-refractivity contribution in [3.8, 4) is 17.1 Å². The van der Waals surface area contributed by atoms with Crippen molar-refractivity contribution in [3.05, 3.63) is 41.7 Å². The number of aryl methyl sites for hydroxylation is 2. The van der Waals surface area contributed by atoms with Gasteiger partial charge in [-0.15, -0.1) is 0 Å². The fraction of sp³-hybridized carbons (Fsp3) is 0.167. The molecular formula is C12H12N2O. The molecule has 0 amide bonds. The Kier molecular flexibility index (Phi) is 2.37. The van der Waals surface area contributed by atoms with Crippen molar-refractivity contribution in [3.63, 3.8) is 0 Å². The summed E-state index contributed by atoms with van der Waals surface area (Å²) < 4.78 is 0. The molecule has 0 aliphatic carbocycles. The Morgan fingerprint density at radius 1 is 0.933 bits per heavy atom. The molecular weight excluding hydrogens is 188 g/mol. The Labute approximate surface area is 88.5 Å². The molecule has 3 nitrogen and oxygen atoms in total. The highest BCUT2D eigenvalue weighted by Gasteiger charge is 2.09. The molecule has 1 heterocycles. The third kappa shape index (κ3) is 1.81. The molecule has 0 aliphatic rings. The van der Waals surface area contributed by atoms with E-state index in [1.807, 2.05) is 44.2 Å². The second-order valence-corrected chi connectivity index (χ2v) is 3.43. The summed E-state index contributed by atoms with van der Waals surface area (Å²) in [5.41, 5.74) is 3.02. The highest BCUT2D eigenvalue weighted by molar-refractivity contribution is 5.63. The first-order valence-corrected chi connectivity index (χ1v) is 4.78. The summed E-state index contributed by atoms with van der Waals surface area (Å²) in [5, 5.41) is 9.70. The molecule has 0 saturated heterocycles. The zero-order chi connectivity index (χ0) is 10.8. The molecule has 0 fully saturated rings. The molecule has 0 atom stereocenters. The topological polar surface area (TPSA) is 46.0 Å². The molecule has 2 rings (SSSR count). The van der Waals surface area contributed by atoms with Crippen LogP contribution in [0.1, 0.15) is 11.4 Å². The van der Waals surface area contributed by atoms with E-state index in [0.29, 0.717) is 5.69 Å². The van der Waals surface area contributed by atoms with Crippen LogP contribution in [-0.2, 0) is 0 Å². The van der Waals surface area contributed by atoms with Crippen LogP contribution in [-0.4, -0.2) is 15.1 Å². The van der Waals surface area contributed by atoms with Crippen LogP contribution in [0.2, 0.25) is 0 Å². The van der Waals surface area contributed by atoms with Gasteiger partial charge in [0.15, 0.2) is 0 Å². The predicted octanol–water partition coefficient (Wildman–Crippen LogP) is 2.47. The number of aromatic nitrogens is 2. The van der Waals surface area contributed by atoms with Crippen LogP contribution in [0.3, 0.4) is 0 Å². The number of hydrogen-bond donors (Lipinski definition) is 1. The van der Waals surface area contributed by atoms with E-state index in [9.17, 15) is 5.11 Å². The molecule has 15 heavy (non-hydrogen) atoms. The van der Waals surface area contributed by atoms with Crippen LogP contribution < -0.4 is 0 Å². The van der Waals surface area contributed by atoms with E-state index >= 15 is 0 Å². The Bertz CT molecular complexity index is 480. The van der Waals surface area contributed by atoms with E-state index in [4.69, 9.17) is 0 Å². The molecule has 0 aliphatic heterocycles. The molecule has 0 unspecified atom stereocenters. The normalized spacial score (nSPS) is 10.3. The van der Waals surface area contributed by atoms with Gasteiger partial charge in [-0.3, -0.25) is 0 Å². The lowest BCUT2D eigenvalue weighted by Crippen LogP contribution is -1.95. The van der Waals surface area contributed by atoms with Gasteiger partial charge in [0.1, 0.15) is 5.69 Å². The van der Waals surface area contributed by atoms with Crippen molar-refractivity contribution >= 4 is 0 Å². The first-order valence-electron chi connectivity index (χ1n) is 4.78. The lowest BCUT2D eigenvalue weighted by atomic mass is 10.1. The SMILES string of the molecule is Cc1nc(O)c(-c2ccccc2)nc1C. The van der Waals surface area contributed by atoms with Gasteiger partial charge in [0, 0.05) is 5.56 Å². The summed E-state index contributed by atoms with van der Waals surface area (Å²) in [6.45, 7) is 3.71. The van der Waals surface area contributed by atoms with E-state index in [-0.39, 0.29) is 5.88 Å². The monoisotopic (exact) mass is 200 g/mol. The lowest BCUT2D eigenvalue weighted by Gasteiger charge is -2.06. The highest BCUT2D eigenvalue weighted by Crippen LogP contribution is 2.25. The maximum absolute atomic E-state index is 9.70. The third-order valence-electron chi connectivity index (χ3n) is 2.34. The highest BCUT2D eigenvalue weighted by atomic mass is 16.3. The quantitative estimate of drug-likeness (QED) is 0.769. The van der Waals surface area contributed by atoms with Gasteiger partial charge in [-0.1, -0.05) is 30.3 Å². The average molecular weight is 200 g/mol. The van der Waals surface area contributed by atoms with Gasteiger partial charge < -0.3 is 5.11 Å². The van der Waals surface area contributed by atoms with Gasteiger partial charge in [-0.25, -0.2) is 9.97 Å². The van der Waals surface area contributed by atoms with E-state index in [1.165, 1.54) is 0 Å². The van der Waals surface area contributed by atoms with E-state index < -0.39 is 0 Å². The first kappa shape index (κ1) is 9.65. The van der Waals surface area contributed by atoms with Crippen molar-refractivity contribution in [1.82, 2.24) is 9.97 Å². The molecule has 0 bridgehead atoms. The van der Waals surface area contributed by atoms with Crippen LogP contribution >= 0.6 is 0 Å². The predicted molar refractivity (Wildman–Crippen MR) is 58.6 cm³/mol. The summed E-state index contributed by atoms with van der Waals surface area (Å²) in [7, 11) is 0. The van der Waals surface area contributed by atoms with Crippen molar-refractivity contribution in [2.45, 2.75) is 13.8 Å². The molecule has 1 N–H and O–H groups in total. The van der Waals surface area contributed by atoms with Gasteiger partial charge in [0.2, 0.25) is 5.88 Å². The van der Waals surface area contributed by atoms with Crippen LogP contribution in [0.4, 0.5) is 0 Å². The summed E-state index contributed by atoms with van der Waals surface area (Å²) in [5.74, 6) is -0.00991. The Balaban J connectivity index is 2.59. The smallest absolute Gasteiger partial charge is 0.238 e. The average Bonchev–Trinajstić information content (AvgIpc) is 2.25. The summed E-state index contributed by atoms with van der Waals surface area (Å²) in [6, 6.07) is 9.54. The minimum atomic E-state index is -0.00991. The maximum Gasteiger partial charge on any atom is 0.238 e. The van der Waals surface area contributed by atoms with Gasteiger partial charge in [0.05, 0.1) is 11.4 Å². The van der Waals surface area contributed by atoms with Crippen molar-refractivity contribution in [1.29, 1.82) is 0 Å². The van der Waals surface area contributed by atoms with Crippen LogP contribution in [0, 0.1) is 13.8 Å². The van der Waals surface area contributed by atoms with Gasteiger partial charge >= 0.3 is 0 Å². The minimum Gasteiger partial charge on any atom is -0.492 e. The fourth-order valence-electron chi connectivity index (χ4n) is 1.38. The molecule has 3 heteroatoms. The Hall–Kier alpha value is -1.90. The Morgan fingerprint density at radius 3 is 2.20 bits per heavy atom. The van der Waals surface area contributed by atoms with E-state index in [1.54, 1.807) is 0 Å². The van der Waals surface area contributed by atoms with Crippen molar-refractivity contribution in [2.75, 3.05) is 0 Å². The zero-order valence-electron chi connectivity index (χ0n) is 8.73. The molecule has 2 aromatic rings. The first-order chi connectivity index (χ1) is 7.18. The van der Waals surface area contributed by atoms with Crippen LogP contribution in [0.5, 0.6) is 5.88 Å². The third-order valence-corrected chi connectivity index (χ3v) is 2.34. The van der Waals surface area contributed by atoms with E-state index in [2.05, 4.69) is 9.97 Å². The van der Waals surface area contributed by atoms with Gasteiger partial charge in [-0.2, -0.15) is 0 Å².